The molecule has 1 fully saturated rings. The Morgan fingerprint density at radius 3 is 3.06 bits per heavy atom. The van der Waals surface area contributed by atoms with Crippen LogP contribution in [0, 0.1) is 5.92 Å². The van der Waals surface area contributed by atoms with Gasteiger partial charge in [0.2, 0.25) is 0 Å². The zero-order valence-electron chi connectivity index (χ0n) is 11.4. The van der Waals surface area contributed by atoms with Gasteiger partial charge in [-0.25, -0.2) is 4.98 Å². The Hall–Kier alpha value is -1.36. The van der Waals surface area contributed by atoms with Crippen molar-refractivity contribution in [3.8, 4) is 0 Å². The zero-order chi connectivity index (χ0) is 13.1. The summed E-state index contributed by atoms with van der Waals surface area (Å²) in [5, 5.41) is 3.41. The maximum atomic E-state index is 11.5. The molecule has 1 aliphatic heterocycles. The fraction of sp³-hybridized carbons (Fsp3) is 0.692. The van der Waals surface area contributed by atoms with E-state index in [-0.39, 0.29) is 5.56 Å². The van der Waals surface area contributed by atoms with Crippen molar-refractivity contribution in [3.05, 3.63) is 22.2 Å². The van der Waals surface area contributed by atoms with Gasteiger partial charge in [0.25, 0.3) is 5.56 Å². The molecule has 2 N–H and O–H groups in total. The minimum absolute atomic E-state index is 0.0788. The second-order valence-electron chi connectivity index (χ2n) is 5.21. The highest BCUT2D eigenvalue weighted by Crippen LogP contribution is 2.18. The lowest BCUT2D eigenvalue weighted by Crippen LogP contribution is -2.43. The molecule has 0 saturated carbocycles. The first-order valence-corrected chi connectivity index (χ1v) is 6.63. The molecule has 18 heavy (non-hydrogen) atoms. The van der Waals surface area contributed by atoms with E-state index < -0.39 is 0 Å². The molecular formula is C13H22N4O. The second-order valence-corrected chi connectivity index (χ2v) is 5.21. The molecule has 0 aliphatic carbocycles. The lowest BCUT2D eigenvalue weighted by atomic mass is 9.94. The van der Waals surface area contributed by atoms with E-state index in [1.165, 1.54) is 0 Å². The number of nitrogens with one attached hydrogen (secondary N) is 2. The minimum atomic E-state index is -0.0788. The van der Waals surface area contributed by atoms with Crippen LogP contribution < -0.4 is 10.9 Å². The lowest BCUT2D eigenvalue weighted by molar-refractivity contribution is 0.206. The number of aromatic nitrogens is 2. The first kappa shape index (κ1) is 13.1. The Labute approximate surface area is 108 Å². The van der Waals surface area contributed by atoms with Crippen molar-refractivity contribution >= 4 is 5.82 Å². The van der Waals surface area contributed by atoms with Crippen LogP contribution in [-0.4, -0.2) is 41.0 Å². The van der Waals surface area contributed by atoms with Crippen LogP contribution in [0.4, 0.5) is 5.82 Å². The van der Waals surface area contributed by atoms with Gasteiger partial charge in [-0.3, -0.25) is 4.79 Å². The zero-order valence-corrected chi connectivity index (χ0v) is 11.4. The second kappa shape index (κ2) is 5.52. The summed E-state index contributed by atoms with van der Waals surface area (Å²) in [6.07, 6.45) is 1.83. The fourth-order valence-corrected chi connectivity index (χ4v) is 2.51. The Morgan fingerprint density at radius 1 is 1.61 bits per heavy atom. The third kappa shape index (κ3) is 3.10. The van der Waals surface area contributed by atoms with E-state index in [2.05, 4.69) is 34.2 Å². The molecule has 1 aliphatic rings. The highest BCUT2D eigenvalue weighted by atomic mass is 16.1. The number of aryl methyl sites for hydroxylation is 1. The van der Waals surface area contributed by atoms with Crippen LogP contribution in [0.2, 0.25) is 0 Å². The third-order valence-corrected chi connectivity index (χ3v) is 3.57. The van der Waals surface area contributed by atoms with Gasteiger partial charge in [-0.05, 0) is 25.9 Å². The number of likely N-dealkylation sites (tertiary alicyclic amines) is 1. The predicted octanol–water partition coefficient (Wildman–Crippen LogP) is 1.08. The SMILES string of the molecule is CCc1nc(NC2CCN(C)CC2C)cc(=O)[nH]1. The van der Waals surface area contributed by atoms with Crippen molar-refractivity contribution < 1.29 is 0 Å². The Kier molecular flexibility index (Phi) is 4.01. The summed E-state index contributed by atoms with van der Waals surface area (Å²) < 4.78 is 0. The fourth-order valence-electron chi connectivity index (χ4n) is 2.51. The molecule has 5 heteroatoms. The Bertz CT molecular complexity index is 457. The molecule has 1 aromatic rings. The van der Waals surface area contributed by atoms with Crippen LogP contribution in [0.25, 0.3) is 0 Å². The van der Waals surface area contributed by atoms with E-state index in [0.717, 1.165) is 31.8 Å². The normalized spacial score (nSPS) is 25.1. The number of aromatic amines is 1. The summed E-state index contributed by atoms with van der Waals surface area (Å²) in [6.45, 7) is 6.40. The molecule has 0 aromatic carbocycles. The van der Waals surface area contributed by atoms with Crippen LogP contribution >= 0.6 is 0 Å². The van der Waals surface area contributed by atoms with Crippen LogP contribution in [0.15, 0.2) is 10.9 Å². The largest absolute Gasteiger partial charge is 0.367 e. The molecule has 0 amide bonds. The topological polar surface area (TPSA) is 61.0 Å². The molecular weight excluding hydrogens is 228 g/mol. The van der Waals surface area contributed by atoms with Crippen molar-refractivity contribution in [2.24, 2.45) is 5.92 Å². The molecule has 5 nitrogen and oxygen atoms in total. The van der Waals surface area contributed by atoms with Crippen molar-refractivity contribution in [2.75, 3.05) is 25.5 Å². The number of nitrogens with zero attached hydrogens (tertiary/aromatic N) is 2. The number of hydrogen-bond donors (Lipinski definition) is 2. The minimum Gasteiger partial charge on any atom is -0.367 e. The third-order valence-electron chi connectivity index (χ3n) is 3.57. The molecule has 1 aromatic heterocycles. The molecule has 2 atom stereocenters. The van der Waals surface area contributed by atoms with Gasteiger partial charge >= 0.3 is 0 Å². The van der Waals surface area contributed by atoms with Crippen LogP contribution in [0.1, 0.15) is 26.1 Å². The maximum absolute atomic E-state index is 11.5. The van der Waals surface area contributed by atoms with Crippen molar-refractivity contribution in [2.45, 2.75) is 32.7 Å². The maximum Gasteiger partial charge on any atom is 0.252 e. The molecule has 2 heterocycles. The van der Waals surface area contributed by atoms with Crippen LogP contribution in [0.3, 0.4) is 0 Å². The Morgan fingerprint density at radius 2 is 2.39 bits per heavy atom. The predicted molar refractivity (Wildman–Crippen MR) is 72.9 cm³/mol. The molecule has 1 saturated heterocycles. The summed E-state index contributed by atoms with van der Waals surface area (Å²) in [7, 11) is 2.15. The number of hydrogen-bond acceptors (Lipinski definition) is 4. The van der Waals surface area contributed by atoms with Crippen LogP contribution in [-0.2, 0) is 6.42 Å². The first-order chi connectivity index (χ1) is 8.58. The standard InChI is InChI=1S/C13H22N4O/c1-4-11-15-12(7-13(18)16-11)14-10-5-6-17(3)8-9(10)2/h7,9-10H,4-6,8H2,1-3H3,(H2,14,15,16,18). The van der Waals surface area contributed by atoms with Crippen molar-refractivity contribution in [3.63, 3.8) is 0 Å². The van der Waals surface area contributed by atoms with E-state index >= 15 is 0 Å². The number of rotatable bonds is 3. The van der Waals surface area contributed by atoms with E-state index in [1.807, 2.05) is 6.92 Å². The molecule has 0 radical (unpaired) electrons. The van der Waals surface area contributed by atoms with E-state index in [9.17, 15) is 4.79 Å². The summed E-state index contributed by atoms with van der Waals surface area (Å²) in [5.74, 6) is 2.01. The monoisotopic (exact) mass is 250 g/mol. The molecule has 100 valence electrons. The number of piperidine rings is 1. The number of anilines is 1. The number of H-pyrrole nitrogens is 1. The van der Waals surface area contributed by atoms with Crippen molar-refractivity contribution in [1.29, 1.82) is 0 Å². The average Bonchev–Trinajstić information content (AvgIpc) is 2.32. The summed E-state index contributed by atoms with van der Waals surface area (Å²) in [5.41, 5.74) is -0.0788. The van der Waals surface area contributed by atoms with Gasteiger partial charge < -0.3 is 15.2 Å². The van der Waals surface area contributed by atoms with Gasteiger partial charge in [0.1, 0.15) is 11.6 Å². The summed E-state index contributed by atoms with van der Waals surface area (Å²) in [6, 6.07) is 1.95. The molecule has 0 spiro atoms. The summed E-state index contributed by atoms with van der Waals surface area (Å²) in [4.78, 5) is 21.0. The summed E-state index contributed by atoms with van der Waals surface area (Å²) >= 11 is 0. The van der Waals surface area contributed by atoms with Gasteiger partial charge in [-0.1, -0.05) is 13.8 Å². The first-order valence-electron chi connectivity index (χ1n) is 6.63. The highest BCUT2D eigenvalue weighted by Gasteiger charge is 2.24. The Balaban J connectivity index is 2.09. The molecule has 2 unspecified atom stereocenters. The van der Waals surface area contributed by atoms with E-state index in [1.54, 1.807) is 6.07 Å². The van der Waals surface area contributed by atoms with Gasteiger partial charge in [-0.2, -0.15) is 0 Å². The smallest absolute Gasteiger partial charge is 0.252 e. The van der Waals surface area contributed by atoms with Gasteiger partial charge in [0.15, 0.2) is 0 Å². The van der Waals surface area contributed by atoms with Crippen molar-refractivity contribution in [1.82, 2.24) is 14.9 Å². The van der Waals surface area contributed by atoms with Crippen LogP contribution in [0.5, 0.6) is 0 Å². The lowest BCUT2D eigenvalue weighted by Gasteiger charge is -2.35. The highest BCUT2D eigenvalue weighted by molar-refractivity contribution is 5.34. The van der Waals surface area contributed by atoms with E-state index in [4.69, 9.17) is 0 Å². The molecule has 0 bridgehead atoms. The van der Waals surface area contributed by atoms with Gasteiger partial charge in [0, 0.05) is 25.1 Å². The van der Waals surface area contributed by atoms with Gasteiger partial charge in [-0.15, -0.1) is 0 Å². The average molecular weight is 250 g/mol. The molecule has 2 rings (SSSR count). The quantitative estimate of drug-likeness (QED) is 0.843. The van der Waals surface area contributed by atoms with E-state index in [0.29, 0.717) is 17.8 Å². The van der Waals surface area contributed by atoms with Gasteiger partial charge in [0.05, 0.1) is 0 Å².